The van der Waals surface area contributed by atoms with Crippen LogP contribution < -0.4 is 0 Å². The van der Waals surface area contributed by atoms with Crippen LogP contribution in [0.15, 0.2) is 0 Å². The van der Waals surface area contributed by atoms with Gasteiger partial charge in [0.05, 0.1) is 10.8 Å². The number of rotatable bonds is 3. The van der Waals surface area contributed by atoms with Gasteiger partial charge in [-0.25, -0.2) is 22.0 Å². The zero-order valence-electron chi connectivity index (χ0n) is 8.94. The molecule has 0 saturated carbocycles. The van der Waals surface area contributed by atoms with Crippen LogP contribution in [-0.4, -0.2) is 11.2 Å². The maximum absolute atomic E-state index is 13.1. The number of carbonyl (C=O) groups is 1. The Balaban J connectivity index is 3.07. The highest BCUT2D eigenvalue weighted by Crippen LogP contribution is 2.23. The van der Waals surface area contributed by atoms with E-state index in [2.05, 4.69) is 17.4 Å². The molecule has 100 valence electrons. The maximum atomic E-state index is 13.1. The number of carbonyl (C=O) groups excluding carboxylic acids is 1. The number of ether oxygens (including phenoxy) is 1. The smallest absolute Gasteiger partial charge is 0.318 e. The van der Waals surface area contributed by atoms with Gasteiger partial charge in [-0.1, -0.05) is 0 Å². The van der Waals surface area contributed by atoms with Crippen molar-refractivity contribution in [3.8, 4) is 0 Å². The Bertz CT molecular complexity index is 461. The third-order valence-corrected chi connectivity index (χ3v) is 2.21. The van der Waals surface area contributed by atoms with E-state index in [0.717, 1.165) is 0 Å². The fourth-order valence-electron chi connectivity index (χ4n) is 1.04. The van der Waals surface area contributed by atoms with E-state index in [1.165, 1.54) is 6.92 Å². The van der Waals surface area contributed by atoms with E-state index in [0.29, 0.717) is 0 Å². The fraction of sp³-hybridized carbons (Fsp3) is 0.300. The zero-order chi connectivity index (χ0) is 14.0. The van der Waals surface area contributed by atoms with Gasteiger partial charge in [0.25, 0.3) is 0 Å². The number of hydrogen-bond acceptors (Lipinski definition) is 3. The van der Waals surface area contributed by atoms with E-state index >= 15 is 0 Å². The quantitative estimate of drug-likeness (QED) is 0.304. The van der Waals surface area contributed by atoms with Gasteiger partial charge in [-0.2, -0.15) is 12.6 Å². The van der Waals surface area contributed by atoms with Crippen molar-refractivity contribution in [2.24, 2.45) is 0 Å². The molecule has 1 aromatic carbocycles. The van der Waals surface area contributed by atoms with Crippen molar-refractivity contribution in [3.05, 3.63) is 34.6 Å². The van der Waals surface area contributed by atoms with Gasteiger partial charge >= 0.3 is 5.97 Å². The lowest BCUT2D eigenvalue weighted by atomic mass is 10.2. The SMILES string of the molecule is CC(S)C(=O)OCc1c(F)c(F)c(F)c(F)c1F. The minimum Gasteiger partial charge on any atom is -0.460 e. The van der Waals surface area contributed by atoms with Gasteiger partial charge < -0.3 is 4.74 Å². The van der Waals surface area contributed by atoms with Gasteiger partial charge in [0.2, 0.25) is 5.82 Å². The molecule has 0 spiro atoms. The van der Waals surface area contributed by atoms with Gasteiger partial charge in [0.15, 0.2) is 23.3 Å². The molecule has 0 aliphatic carbocycles. The van der Waals surface area contributed by atoms with Crippen molar-refractivity contribution in [1.82, 2.24) is 0 Å². The third-order valence-electron chi connectivity index (χ3n) is 2.00. The summed E-state index contributed by atoms with van der Waals surface area (Å²) in [6.07, 6.45) is 0. The molecule has 0 saturated heterocycles. The lowest BCUT2D eigenvalue weighted by Gasteiger charge is -2.10. The van der Waals surface area contributed by atoms with Crippen molar-refractivity contribution in [2.75, 3.05) is 0 Å². The Morgan fingerprint density at radius 1 is 1.06 bits per heavy atom. The van der Waals surface area contributed by atoms with Gasteiger partial charge in [0, 0.05) is 0 Å². The topological polar surface area (TPSA) is 26.3 Å². The van der Waals surface area contributed by atoms with Crippen LogP contribution >= 0.6 is 12.6 Å². The average Bonchev–Trinajstić information content (AvgIpc) is 2.33. The molecule has 0 bridgehead atoms. The second kappa shape index (κ2) is 5.55. The van der Waals surface area contributed by atoms with Crippen molar-refractivity contribution in [2.45, 2.75) is 18.8 Å². The fourth-order valence-corrected chi connectivity index (χ4v) is 1.12. The first-order valence-corrected chi connectivity index (χ1v) is 5.14. The summed E-state index contributed by atoms with van der Waals surface area (Å²) in [5.41, 5.74) is -1.20. The number of benzene rings is 1. The molecule has 0 N–H and O–H groups in total. The number of hydrogen-bond donors (Lipinski definition) is 1. The summed E-state index contributed by atoms with van der Waals surface area (Å²) in [6, 6.07) is 0. The molecule has 1 unspecified atom stereocenters. The van der Waals surface area contributed by atoms with Gasteiger partial charge in [-0.3, -0.25) is 4.79 Å². The molecule has 0 amide bonds. The number of halogens is 5. The van der Waals surface area contributed by atoms with Crippen LogP contribution in [0.1, 0.15) is 12.5 Å². The first-order chi connectivity index (χ1) is 8.27. The molecule has 2 nitrogen and oxygen atoms in total. The first-order valence-electron chi connectivity index (χ1n) is 4.62. The monoisotopic (exact) mass is 286 g/mol. The largest absolute Gasteiger partial charge is 0.460 e. The third kappa shape index (κ3) is 2.74. The summed E-state index contributed by atoms with van der Waals surface area (Å²) < 4.78 is 68.8. The minimum absolute atomic E-state index is 0.883. The molecule has 0 aromatic heterocycles. The van der Waals surface area contributed by atoms with Crippen molar-refractivity contribution in [3.63, 3.8) is 0 Å². The highest BCUT2D eigenvalue weighted by molar-refractivity contribution is 7.81. The van der Waals surface area contributed by atoms with Gasteiger partial charge in [0.1, 0.15) is 6.61 Å². The van der Waals surface area contributed by atoms with Crippen LogP contribution in [0.2, 0.25) is 0 Å². The Kier molecular flexibility index (Phi) is 4.55. The van der Waals surface area contributed by atoms with Crippen LogP contribution in [0.4, 0.5) is 22.0 Å². The summed E-state index contributed by atoms with van der Waals surface area (Å²) in [5.74, 6) is -11.4. The molecule has 0 radical (unpaired) electrons. The van der Waals surface area contributed by atoms with Crippen LogP contribution in [0, 0.1) is 29.1 Å². The molecule has 18 heavy (non-hydrogen) atoms. The number of thiol groups is 1. The highest BCUT2D eigenvalue weighted by Gasteiger charge is 2.26. The second-order valence-electron chi connectivity index (χ2n) is 3.33. The van der Waals surface area contributed by atoms with Crippen molar-refractivity contribution >= 4 is 18.6 Å². The summed E-state index contributed by atoms with van der Waals surface area (Å²) in [6.45, 7) is 0.263. The van der Waals surface area contributed by atoms with Crippen LogP contribution in [-0.2, 0) is 16.1 Å². The molecule has 1 rings (SSSR count). The lowest BCUT2D eigenvalue weighted by molar-refractivity contribution is -0.144. The molecule has 0 fully saturated rings. The van der Waals surface area contributed by atoms with Gasteiger partial charge in [-0.05, 0) is 6.92 Å². The molecule has 8 heteroatoms. The second-order valence-corrected chi connectivity index (χ2v) is 4.11. The Hall–Kier alpha value is -1.31. The van der Waals surface area contributed by atoms with Crippen LogP contribution in [0.3, 0.4) is 0 Å². The van der Waals surface area contributed by atoms with Crippen LogP contribution in [0.25, 0.3) is 0 Å². The van der Waals surface area contributed by atoms with E-state index in [1.54, 1.807) is 0 Å². The molecule has 1 aromatic rings. The molecular formula is C10H7F5O2S. The van der Waals surface area contributed by atoms with Crippen LogP contribution in [0.5, 0.6) is 0 Å². The molecule has 0 aliphatic heterocycles. The zero-order valence-corrected chi connectivity index (χ0v) is 9.83. The highest BCUT2D eigenvalue weighted by atomic mass is 32.1. The molecule has 0 heterocycles. The Morgan fingerprint density at radius 3 is 1.83 bits per heavy atom. The normalized spacial score (nSPS) is 12.4. The Labute approximate surface area is 104 Å². The standard InChI is InChI=1S/C10H7F5O2S/c1-3(18)10(16)17-2-4-5(11)7(13)9(15)8(14)6(4)12/h3,18H,2H2,1H3. The van der Waals surface area contributed by atoms with E-state index in [9.17, 15) is 26.7 Å². The summed E-state index contributed by atoms with van der Waals surface area (Å²) >= 11 is 3.68. The van der Waals surface area contributed by atoms with E-state index < -0.39 is 52.5 Å². The summed E-state index contributed by atoms with van der Waals surface area (Å²) in [7, 11) is 0. The summed E-state index contributed by atoms with van der Waals surface area (Å²) in [4.78, 5) is 11.0. The van der Waals surface area contributed by atoms with E-state index in [4.69, 9.17) is 0 Å². The maximum Gasteiger partial charge on any atom is 0.318 e. The Morgan fingerprint density at radius 2 is 1.44 bits per heavy atom. The molecular weight excluding hydrogens is 279 g/mol. The molecule has 1 atom stereocenters. The first kappa shape index (κ1) is 14.7. The molecule has 0 aliphatic rings. The summed E-state index contributed by atoms with van der Waals surface area (Å²) in [5, 5.41) is -0.883. The van der Waals surface area contributed by atoms with Gasteiger partial charge in [-0.15, -0.1) is 0 Å². The predicted octanol–water partition coefficient (Wildman–Crippen LogP) is 2.74. The van der Waals surface area contributed by atoms with E-state index in [1.807, 2.05) is 0 Å². The van der Waals surface area contributed by atoms with Crippen molar-refractivity contribution < 1.29 is 31.5 Å². The minimum atomic E-state index is -2.26. The van der Waals surface area contributed by atoms with E-state index in [-0.39, 0.29) is 0 Å². The predicted molar refractivity (Wildman–Crippen MR) is 54.5 cm³/mol. The van der Waals surface area contributed by atoms with Crippen molar-refractivity contribution in [1.29, 1.82) is 0 Å². The lowest BCUT2D eigenvalue weighted by Crippen LogP contribution is -2.16. The average molecular weight is 286 g/mol. The number of esters is 1.